The fourth-order valence-corrected chi connectivity index (χ4v) is 2.09. The van der Waals surface area contributed by atoms with Crippen LogP contribution in [0.2, 0.25) is 5.02 Å². The van der Waals surface area contributed by atoms with E-state index in [4.69, 9.17) is 11.6 Å². The Bertz CT molecular complexity index is 516. The molecule has 1 atom stereocenters. The number of alkyl halides is 3. The molecule has 21 heavy (non-hydrogen) atoms. The van der Waals surface area contributed by atoms with Gasteiger partial charge in [0.2, 0.25) is 0 Å². The number of hydrogen-bond acceptors (Lipinski definition) is 3. The number of rotatable bonds is 7. The first-order valence-electron chi connectivity index (χ1n) is 6.83. The Morgan fingerprint density at radius 3 is 2.67 bits per heavy atom. The van der Waals surface area contributed by atoms with Gasteiger partial charge in [0.1, 0.15) is 11.6 Å². The van der Waals surface area contributed by atoms with Crippen molar-refractivity contribution in [2.24, 2.45) is 0 Å². The van der Waals surface area contributed by atoms with E-state index in [0.717, 1.165) is 31.9 Å². The van der Waals surface area contributed by atoms with Crippen LogP contribution in [0.5, 0.6) is 0 Å². The van der Waals surface area contributed by atoms with Crippen molar-refractivity contribution in [1.29, 1.82) is 0 Å². The smallest absolute Gasteiger partial charge is 0.380 e. The summed E-state index contributed by atoms with van der Waals surface area (Å²) in [7, 11) is 0. The summed E-state index contributed by atoms with van der Waals surface area (Å²) in [5.41, 5.74) is -0.677. The fraction of sp³-hybridized carbons (Fsp3) is 0.692. The predicted molar refractivity (Wildman–Crippen MR) is 76.8 cm³/mol. The van der Waals surface area contributed by atoms with Crippen LogP contribution in [0.3, 0.4) is 0 Å². The number of anilines is 1. The van der Waals surface area contributed by atoms with Gasteiger partial charge >= 0.3 is 6.18 Å². The Balaban J connectivity index is 2.78. The zero-order chi connectivity index (χ0) is 16.0. The second-order valence-corrected chi connectivity index (χ2v) is 5.37. The zero-order valence-electron chi connectivity index (χ0n) is 12.0. The van der Waals surface area contributed by atoms with Crippen molar-refractivity contribution in [3.8, 4) is 0 Å². The summed E-state index contributed by atoms with van der Waals surface area (Å²) in [6.45, 7) is 2.57. The molecule has 1 unspecified atom stereocenters. The van der Waals surface area contributed by atoms with E-state index in [1.165, 1.54) is 0 Å². The topological polar surface area (TPSA) is 46.9 Å². The summed E-state index contributed by atoms with van der Waals surface area (Å²) in [6.07, 6.45) is 0.763. The first-order valence-corrected chi connectivity index (χ1v) is 7.21. The molecule has 0 amide bonds. The van der Waals surface area contributed by atoms with Gasteiger partial charge in [0, 0.05) is 6.04 Å². The average molecular weight is 326 g/mol. The number of unbranched alkanes of at least 4 members (excludes halogenated alkanes) is 2. The van der Waals surface area contributed by atoms with E-state index in [0.29, 0.717) is 4.68 Å². The van der Waals surface area contributed by atoms with Gasteiger partial charge in [0.05, 0.1) is 11.9 Å². The molecule has 0 aliphatic carbocycles. The van der Waals surface area contributed by atoms with Crippen molar-refractivity contribution in [3.63, 3.8) is 0 Å². The standard InChI is InChI=1S/C13H19ClF3N3O/c1-3-4-5-6-9(2)19-10-7-18-20(8-13(15,16)17)12(21)11(10)14/h7,9,19H,3-6,8H2,1-2H3. The van der Waals surface area contributed by atoms with Gasteiger partial charge < -0.3 is 5.32 Å². The summed E-state index contributed by atoms with van der Waals surface area (Å²) in [4.78, 5) is 11.7. The highest BCUT2D eigenvalue weighted by molar-refractivity contribution is 6.32. The maximum atomic E-state index is 12.3. The normalized spacial score (nSPS) is 13.2. The van der Waals surface area contributed by atoms with Crippen molar-refractivity contribution in [3.05, 3.63) is 21.6 Å². The number of hydrogen-bond donors (Lipinski definition) is 1. The van der Waals surface area contributed by atoms with E-state index in [-0.39, 0.29) is 16.8 Å². The van der Waals surface area contributed by atoms with Crippen LogP contribution >= 0.6 is 11.6 Å². The van der Waals surface area contributed by atoms with Crippen LogP contribution < -0.4 is 10.9 Å². The quantitative estimate of drug-likeness (QED) is 0.775. The highest BCUT2D eigenvalue weighted by atomic mass is 35.5. The second kappa shape index (κ2) is 7.68. The lowest BCUT2D eigenvalue weighted by molar-refractivity contribution is -0.143. The zero-order valence-corrected chi connectivity index (χ0v) is 12.8. The van der Waals surface area contributed by atoms with Crippen molar-refractivity contribution in [2.75, 3.05) is 5.32 Å². The molecular weight excluding hydrogens is 307 g/mol. The maximum Gasteiger partial charge on any atom is 0.408 e. The molecule has 1 heterocycles. The largest absolute Gasteiger partial charge is 0.408 e. The van der Waals surface area contributed by atoms with Gasteiger partial charge in [-0.2, -0.15) is 18.3 Å². The van der Waals surface area contributed by atoms with Crippen LogP contribution in [-0.2, 0) is 6.54 Å². The van der Waals surface area contributed by atoms with E-state index in [1.807, 2.05) is 6.92 Å². The third kappa shape index (κ3) is 5.95. The number of nitrogens with zero attached hydrogens (tertiary/aromatic N) is 2. The molecule has 1 aromatic rings. The second-order valence-electron chi connectivity index (χ2n) is 4.99. The SMILES string of the molecule is CCCCCC(C)Nc1cnn(CC(F)(F)F)c(=O)c1Cl. The highest BCUT2D eigenvalue weighted by Crippen LogP contribution is 2.20. The Morgan fingerprint density at radius 2 is 2.10 bits per heavy atom. The minimum Gasteiger partial charge on any atom is -0.380 e. The van der Waals surface area contributed by atoms with Gasteiger partial charge in [-0.1, -0.05) is 37.8 Å². The summed E-state index contributed by atoms with van der Waals surface area (Å²) in [6, 6.07) is 0.0636. The summed E-state index contributed by atoms with van der Waals surface area (Å²) in [5.74, 6) is 0. The van der Waals surface area contributed by atoms with Gasteiger partial charge in [0.15, 0.2) is 0 Å². The van der Waals surface area contributed by atoms with Gasteiger partial charge in [-0.05, 0) is 13.3 Å². The molecule has 0 fully saturated rings. The molecule has 1 aromatic heterocycles. The fourth-order valence-electron chi connectivity index (χ4n) is 1.89. The monoisotopic (exact) mass is 325 g/mol. The van der Waals surface area contributed by atoms with Crippen molar-refractivity contribution in [2.45, 2.75) is 58.3 Å². The van der Waals surface area contributed by atoms with Gasteiger partial charge in [0.25, 0.3) is 5.56 Å². The molecule has 0 radical (unpaired) electrons. The molecule has 8 heteroatoms. The molecule has 1 rings (SSSR count). The molecule has 0 aliphatic rings. The van der Waals surface area contributed by atoms with Crippen molar-refractivity contribution < 1.29 is 13.2 Å². The van der Waals surface area contributed by atoms with Gasteiger partial charge in [-0.25, -0.2) is 4.68 Å². The molecule has 0 bridgehead atoms. The van der Waals surface area contributed by atoms with E-state index in [2.05, 4.69) is 17.3 Å². The third-order valence-corrected chi connectivity index (χ3v) is 3.32. The molecule has 0 aliphatic heterocycles. The third-order valence-electron chi connectivity index (χ3n) is 2.96. The van der Waals surface area contributed by atoms with E-state index in [1.54, 1.807) is 0 Å². The number of nitrogens with one attached hydrogen (secondary N) is 1. The maximum absolute atomic E-state index is 12.3. The lowest BCUT2D eigenvalue weighted by Gasteiger charge is -2.16. The number of aromatic nitrogens is 2. The Kier molecular flexibility index (Phi) is 6.51. The first-order chi connectivity index (χ1) is 9.74. The number of halogens is 4. The summed E-state index contributed by atoms with van der Waals surface area (Å²) < 4.78 is 37.1. The van der Waals surface area contributed by atoms with Crippen molar-refractivity contribution in [1.82, 2.24) is 9.78 Å². The van der Waals surface area contributed by atoms with Crippen LogP contribution in [-0.4, -0.2) is 22.0 Å². The Hall–Kier alpha value is -1.24. The van der Waals surface area contributed by atoms with Crippen molar-refractivity contribution >= 4 is 17.3 Å². The molecule has 120 valence electrons. The predicted octanol–water partition coefficient (Wildman–Crippen LogP) is 3.84. The van der Waals surface area contributed by atoms with E-state index in [9.17, 15) is 18.0 Å². The van der Waals surface area contributed by atoms with Crippen LogP contribution in [0, 0.1) is 0 Å². The van der Waals surface area contributed by atoms with E-state index >= 15 is 0 Å². The average Bonchev–Trinajstić information content (AvgIpc) is 2.37. The minimum absolute atomic E-state index is 0.0636. The van der Waals surface area contributed by atoms with E-state index < -0.39 is 18.3 Å². The van der Waals surface area contributed by atoms with Crippen LogP contribution in [0.4, 0.5) is 18.9 Å². The Morgan fingerprint density at radius 1 is 1.43 bits per heavy atom. The minimum atomic E-state index is -4.51. The van der Waals surface area contributed by atoms with Crippen LogP contribution in [0.1, 0.15) is 39.5 Å². The summed E-state index contributed by atoms with van der Waals surface area (Å²) >= 11 is 5.83. The van der Waals surface area contributed by atoms with Crippen LogP contribution in [0.25, 0.3) is 0 Å². The van der Waals surface area contributed by atoms with Gasteiger partial charge in [-0.3, -0.25) is 4.79 Å². The lowest BCUT2D eigenvalue weighted by atomic mass is 10.1. The molecule has 1 N–H and O–H groups in total. The van der Waals surface area contributed by atoms with Gasteiger partial charge in [-0.15, -0.1) is 0 Å². The lowest BCUT2D eigenvalue weighted by Crippen LogP contribution is -2.31. The Labute approximate surface area is 126 Å². The molecule has 0 aromatic carbocycles. The molecule has 0 saturated heterocycles. The molecule has 4 nitrogen and oxygen atoms in total. The first kappa shape index (κ1) is 17.8. The molecule has 0 saturated carbocycles. The molecule has 0 spiro atoms. The van der Waals surface area contributed by atoms with Crippen LogP contribution in [0.15, 0.2) is 11.0 Å². The molecular formula is C13H19ClF3N3O. The highest BCUT2D eigenvalue weighted by Gasteiger charge is 2.29. The summed E-state index contributed by atoms with van der Waals surface area (Å²) in [5, 5.41) is 6.26.